The molecule has 0 bridgehead atoms. The van der Waals surface area contributed by atoms with Gasteiger partial charge in [0, 0.05) is 19.2 Å². The number of ether oxygens (including phenoxy) is 1. The summed E-state index contributed by atoms with van der Waals surface area (Å²) in [6, 6.07) is 4.07. The van der Waals surface area contributed by atoms with Crippen molar-refractivity contribution in [3.8, 4) is 0 Å². The summed E-state index contributed by atoms with van der Waals surface area (Å²) in [4.78, 5) is 18.6. The van der Waals surface area contributed by atoms with E-state index >= 15 is 0 Å². The molecule has 0 radical (unpaired) electrons. The van der Waals surface area contributed by atoms with Gasteiger partial charge in [0.25, 0.3) is 0 Å². The first-order valence-corrected chi connectivity index (χ1v) is 7.28. The maximum absolute atomic E-state index is 12.2. The molecule has 0 aromatic carbocycles. The fraction of sp³-hybridized carbons (Fsp3) is 0.500. The van der Waals surface area contributed by atoms with Crippen LogP contribution in [0.25, 0.3) is 5.65 Å². The number of pyridine rings is 1. The third kappa shape index (κ3) is 2.73. The van der Waals surface area contributed by atoms with E-state index in [9.17, 15) is 4.79 Å². The highest BCUT2D eigenvalue weighted by Crippen LogP contribution is 2.22. The molecular formula is C16H21N3O2. The number of carbonyl (C=O) groups excluding carboxylic acids is 1. The standard InChI is InChI=1S/C16H21N3O2/c1-11-5-6-14-17-12-7-8-18(10-13(12)19(14)9-11)15(20)21-16(2,3)4/h5-6,9H,7-8,10H2,1-4H3. The van der Waals surface area contributed by atoms with Crippen molar-refractivity contribution in [1.29, 1.82) is 0 Å². The zero-order chi connectivity index (χ0) is 15.2. The highest BCUT2D eigenvalue weighted by molar-refractivity contribution is 5.68. The van der Waals surface area contributed by atoms with Crippen molar-refractivity contribution in [3.05, 3.63) is 35.3 Å². The van der Waals surface area contributed by atoms with Gasteiger partial charge in [-0.3, -0.25) is 0 Å². The van der Waals surface area contributed by atoms with Gasteiger partial charge in [-0.15, -0.1) is 0 Å². The lowest BCUT2D eigenvalue weighted by Crippen LogP contribution is -2.40. The van der Waals surface area contributed by atoms with Crippen LogP contribution in [0.15, 0.2) is 18.3 Å². The Morgan fingerprint density at radius 3 is 2.81 bits per heavy atom. The van der Waals surface area contributed by atoms with E-state index in [1.807, 2.05) is 26.8 Å². The number of aromatic nitrogens is 2. The minimum absolute atomic E-state index is 0.254. The molecule has 1 amide bonds. The summed E-state index contributed by atoms with van der Waals surface area (Å²) in [7, 11) is 0. The molecule has 0 saturated heterocycles. The van der Waals surface area contributed by atoms with Crippen molar-refractivity contribution in [1.82, 2.24) is 14.3 Å². The Hall–Kier alpha value is -2.04. The molecule has 112 valence electrons. The molecule has 2 aromatic heterocycles. The molecule has 0 aliphatic carbocycles. The van der Waals surface area contributed by atoms with Crippen molar-refractivity contribution in [2.45, 2.75) is 46.3 Å². The number of carbonyl (C=O) groups is 1. The summed E-state index contributed by atoms with van der Waals surface area (Å²) in [5, 5.41) is 0. The second-order valence-corrected chi connectivity index (χ2v) is 6.59. The SMILES string of the molecule is Cc1ccc2nc3c(n2c1)CN(C(=O)OC(C)(C)C)CC3. The van der Waals surface area contributed by atoms with Gasteiger partial charge >= 0.3 is 6.09 Å². The molecule has 0 atom stereocenters. The number of fused-ring (bicyclic) bond motifs is 3. The monoisotopic (exact) mass is 287 g/mol. The zero-order valence-corrected chi connectivity index (χ0v) is 13.0. The molecule has 21 heavy (non-hydrogen) atoms. The fourth-order valence-electron chi connectivity index (χ4n) is 2.60. The van der Waals surface area contributed by atoms with Crippen LogP contribution in [-0.2, 0) is 17.7 Å². The van der Waals surface area contributed by atoms with Crippen LogP contribution in [0.4, 0.5) is 4.79 Å². The number of nitrogens with zero attached hydrogens (tertiary/aromatic N) is 3. The Morgan fingerprint density at radius 1 is 1.33 bits per heavy atom. The van der Waals surface area contributed by atoms with E-state index in [4.69, 9.17) is 4.74 Å². The van der Waals surface area contributed by atoms with Gasteiger partial charge < -0.3 is 14.0 Å². The smallest absolute Gasteiger partial charge is 0.410 e. The molecule has 1 aliphatic heterocycles. The molecule has 3 rings (SSSR count). The molecular weight excluding hydrogens is 266 g/mol. The van der Waals surface area contributed by atoms with Crippen molar-refractivity contribution in [2.24, 2.45) is 0 Å². The van der Waals surface area contributed by atoms with E-state index in [2.05, 4.69) is 28.6 Å². The Kier molecular flexibility index (Phi) is 3.15. The van der Waals surface area contributed by atoms with E-state index in [-0.39, 0.29) is 6.09 Å². The Labute approximate surface area is 124 Å². The summed E-state index contributed by atoms with van der Waals surface area (Å²) >= 11 is 0. The lowest BCUT2D eigenvalue weighted by atomic mass is 10.1. The van der Waals surface area contributed by atoms with Crippen LogP contribution >= 0.6 is 0 Å². The minimum Gasteiger partial charge on any atom is -0.444 e. The fourth-order valence-corrected chi connectivity index (χ4v) is 2.60. The molecule has 2 aromatic rings. The van der Waals surface area contributed by atoms with Crippen LogP contribution in [0, 0.1) is 6.92 Å². The Morgan fingerprint density at radius 2 is 2.10 bits per heavy atom. The van der Waals surface area contributed by atoms with Crippen LogP contribution < -0.4 is 0 Å². The van der Waals surface area contributed by atoms with Crippen molar-refractivity contribution >= 4 is 11.7 Å². The first-order valence-electron chi connectivity index (χ1n) is 7.28. The molecule has 5 nitrogen and oxygen atoms in total. The Bertz CT molecular complexity index is 697. The minimum atomic E-state index is -0.465. The van der Waals surface area contributed by atoms with E-state index in [1.165, 1.54) is 5.56 Å². The second-order valence-electron chi connectivity index (χ2n) is 6.59. The average molecular weight is 287 g/mol. The lowest BCUT2D eigenvalue weighted by Gasteiger charge is -2.29. The predicted octanol–water partition coefficient (Wildman–Crippen LogP) is 2.94. The summed E-state index contributed by atoms with van der Waals surface area (Å²) in [5.74, 6) is 0. The Balaban J connectivity index is 1.89. The van der Waals surface area contributed by atoms with Gasteiger partial charge in [-0.2, -0.15) is 0 Å². The first-order chi connectivity index (χ1) is 9.83. The van der Waals surface area contributed by atoms with Crippen molar-refractivity contribution < 1.29 is 9.53 Å². The van der Waals surface area contributed by atoms with Gasteiger partial charge in [-0.05, 0) is 39.3 Å². The number of hydrogen-bond acceptors (Lipinski definition) is 3. The van der Waals surface area contributed by atoms with E-state index < -0.39 is 5.60 Å². The maximum atomic E-state index is 12.2. The van der Waals surface area contributed by atoms with Crippen LogP contribution in [0.5, 0.6) is 0 Å². The lowest BCUT2D eigenvalue weighted by molar-refractivity contribution is 0.0220. The molecule has 0 spiro atoms. The first kappa shape index (κ1) is 13.9. The normalized spacial score (nSPS) is 15.1. The van der Waals surface area contributed by atoms with Crippen molar-refractivity contribution in [3.63, 3.8) is 0 Å². The van der Waals surface area contributed by atoms with Gasteiger partial charge in [0.15, 0.2) is 0 Å². The third-order valence-corrected chi connectivity index (χ3v) is 3.56. The van der Waals surface area contributed by atoms with Crippen LogP contribution in [0.1, 0.15) is 37.7 Å². The van der Waals surface area contributed by atoms with Gasteiger partial charge in [0.05, 0.1) is 17.9 Å². The number of aryl methyl sites for hydroxylation is 1. The highest BCUT2D eigenvalue weighted by Gasteiger charge is 2.28. The number of hydrogen-bond donors (Lipinski definition) is 0. The largest absolute Gasteiger partial charge is 0.444 e. The molecule has 5 heteroatoms. The van der Waals surface area contributed by atoms with Gasteiger partial charge in [0.1, 0.15) is 11.2 Å². The molecule has 0 fully saturated rings. The molecule has 3 heterocycles. The molecule has 0 unspecified atom stereocenters. The van der Waals surface area contributed by atoms with Crippen LogP contribution in [-0.4, -0.2) is 32.5 Å². The van der Waals surface area contributed by atoms with Crippen LogP contribution in [0.3, 0.4) is 0 Å². The molecule has 0 saturated carbocycles. The number of amides is 1. The molecule has 0 N–H and O–H groups in total. The van der Waals surface area contributed by atoms with Gasteiger partial charge in [0.2, 0.25) is 0 Å². The van der Waals surface area contributed by atoms with E-state index in [0.717, 1.165) is 23.5 Å². The summed E-state index contributed by atoms with van der Waals surface area (Å²) in [6.07, 6.45) is 2.59. The maximum Gasteiger partial charge on any atom is 0.410 e. The summed E-state index contributed by atoms with van der Waals surface area (Å²) in [6.45, 7) is 8.92. The van der Waals surface area contributed by atoms with Gasteiger partial charge in [-0.1, -0.05) is 6.07 Å². The zero-order valence-electron chi connectivity index (χ0n) is 13.0. The van der Waals surface area contributed by atoms with Crippen LogP contribution in [0.2, 0.25) is 0 Å². The summed E-state index contributed by atoms with van der Waals surface area (Å²) < 4.78 is 7.55. The summed E-state index contributed by atoms with van der Waals surface area (Å²) in [5.41, 5.74) is 3.83. The number of rotatable bonds is 0. The van der Waals surface area contributed by atoms with Gasteiger partial charge in [-0.25, -0.2) is 9.78 Å². The highest BCUT2D eigenvalue weighted by atomic mass is 16.6. The topological polar surface area (TPSA) is 46.8 Å². The quantitative estimate of drug-likeness (QED) is 0.748. The third-order valence-electron chi connectivity index (χ3n) is 3.56. The van der Waals surface area contributed by atoms with Crippen molar-refractivity contribution in [2.75, 3.05) is 6.54 Å². The van der Waals surface area contributed by atoms with E-state index in [0.29, 0.717) is 13.1 Å². The number of imidazole rings is 1. The predicted molar refractivity (Wildman–Crippen MR) is 80.3 cm³/mol. The molecule has 1 aliphatic rings. The second kappa shape index (κ2) is 4.76. The average Bonchev–Trinajstić information content (AvgIpc) is 2.74. The van der Waals surface area contributed by atoms with E-state index in [1.54, 1.807) is 4.90 Å².